The van der Waals surface area contributed by atoms with Crippen molar-refractivity contribution < 1.29 is 9.31 Å². The Kier molecular flexibility index (Phi) is 5.15. The summed E-state index contributed by atoms with van der Waals surface area (Å²) in [5, 5.41) is 14.1. The number of anilines is 1. The summed E-state index contributed by atoms with van der Waals surface area (Å²) >= 11 is 5.09. The molecule has 0 saturated carbocycles. The smallest absolute Gasteiger partial charge is 0.293 e. The Morgan fingerprint density at radius 2 is 1.95 bits per heavy atom. The number of hydrogen-bond donors (Lipinski definition) is 1. The third-order valence-corrected chi connectivity index (χ3v) is 4.33. The normalized spacial score (nSPS) is 12.0. The molecule has 0 bridgehead atoms. The van der Waals surface area contributed by atoms with Crippen LogP contribution in [0.1, 0.15) is 18.5 Å². The van der Waals surface area contributed by atoms with Gasteiger partial charge < -0.3 is 5.32 Å². The standard InChI is InChI=1S/C14H11BrFIN2O2/c1-8(9-2-4-10(15)5-3-9)18-13-6-11(16)12(17)7-14(13)19(20)21/h2-8,18H,1H3. The molecule has 2 rings (SSSR count). The first-order valence-electron chi connectivity index (χ1n) is 6.04. The summed E-state index contributed by atoms with van der Waals surface area (Å²) < 4.78 is 14.8. The summed E-state index contributed by atoms with van der Waals surface area (Å²) in [7, 11) is 0. The van der Waals surface area contributed by atoms with Gasteiger partial charge in [-0.15, -0.1) is 0 Å². The highest BCUT2D eigenvalue weighted by atomic mass is 127. The molecule has 1 unspecified atom stereocenters. The van der Waals surface area contributed by atoms with Gasteiger partial charge in [0.25, 0.3) is 5.69 Å². The van der Waals surface area contributed by atoms with Crippen LogP contribution >= 0.6 is 38.5 Å². The predicted molar refractivity (Wildman–Crippen MR) is 92.0 cm³/mol. The molecule has 0 saturated heterocycles. The lowest BCUT2D eigenvalue weighted by molar-refractivity contribution is -0.384. The lowest BCUT2D eigenvalue weighted by Gasteiger charge is -2.16. The maximum absolute atomic E-state index is 13.7. The molecule has 0 aliphatic heterocycles. The fourth-order valence-electron chi connectivity index (χ4n) is 1.87. The van der Waals surface area contributed by atoms with E-state index in [9.17, 15) is 14.5 Å². The highest BCUT2D eigenvalue weighted by Gasteiger charge is 2.19. The lowest BCUT2D eigenvalue weighted by atomic mass is 10.1. The summed E-state index contributed by atoms with van der Waals surface area (Å²) in [6.07, 6.45) is 0. The molecule has 0 fully saturated rings. The molecule has 7 heteroatoms. The van der Waals surface area contributed by atoms with Gasteiger partial charge in [0.15, 0.2) is 0 Å². The second kappa shape index (κ2) is 6.69. The van der Waals surface area contributed by atoms with Crippen LogP contribution in [0.4, 0.5) is 15.8 Å². The first-order valence-corrected chi connectivity index (χ1v) is 7.91. The Bertz CT molecular complexity index is 679. The minimum atomic E-state index is -0.516. The maximum Gasteiger partial charge on any atom is 0.293 e. The van der Waals surface area contributed by atoms with Gasteiger partial charge in [-0.1, -0.05) is 28.1 Å². The number of nitrogens with one attached hydrogen (secondary N) is 1. The molecular weight excluding hydrogens is 454 g/mol. The number of halogens is 3. The van der Waals surface area contributed by atoms with E-state index in [1.165, 1.54) is 6.07 Å². The van der Waals surface area contributed by atoms with Crippen LogP contribution in [0.15, 0.2) is 40.9 Å². The van der Waals surface area contributed by atoms with Gasteiger partial charge in [-0.05, 0) is 47.2 Å². The molecule has 0 spiro atoms. The van der Waals surface area contributed by atoms with Crippen LogP contribution in [-0.2, 0) is 0 Å². The maximum atomic E-state index is 13.7. The van der Waals surface area contributed by atoms with Crippen molar-refractivity contribution in [1.82, 2.24) is 0 Å². The van der Waals surface area contributed by atoms with Crippen molar-refractivity contribution in [1.29, 1.82) is 0 Å². The van der Waals surface area contributed by atoms with Crippen LogP contribution in [-0.4, -0.2) is 4.92 Å². The van der Waals surface area contributed by atoms with Crippen molar-refractivity contribution in [2.24, 2.45) is 0 Å². The average molecular weight is 465 g/mol. The van der Waals surface area contributed by atoms with Crippen molar-refractivity contribution >= 4 is 49.9 Å². The van der Waals surface area contributed by atoms with E-state index in [0.29, 0.717) is 0 Å². The average Bonchev–Trinajstić information content (AvgIpc) is 2.43. The van der Waals surface area contributed by atoms with Crippen molar-refractivity contribution in [3.63, 3.8) is 0 Å². The molecule has 1 N–H and O–H groups in total. The quantitative estimate of drug-likeness (QED) is 0.380. The minimum Gasteiger partial charge on any atom is -0.373 e. The van der Waals surface area contributed by atoms with E-state index in [1.54, 1.807) is 22.6 Å². The van der Waals surface area contributed by atoms with Crippen LogP contribution in [0.2, 0.25) is 0 Å². The Balaban J connectivity index is 2.32. The number of hydrogen-bond acceptors (Lipinski definition) is 3. The molecule has 2 aromatic rings. The summed E-state index contributed by atoms with van der Waals surface area (Å²) in [4.78, 5) is 10.6. The van der Waals surface area contributed by atoms with Gasteiger partial charge in [-0.25, -0.2) is 4.39 Å². The SMILES string of the molecule is CC(Nc1cc(F)c(I)cc1[N+](=O)[O-])c1ccc(Br)cc1. The van der Waals surface area contributed by atoms with E-state index in [2.05, 4.69) is 21.2 Å². The fraction of sp³-hybridized carbons (Fsp3) is 0.143. The monoisotopic (exact) mass is 464 g/mol. The summed E-state index contributed by atoms with van der Waals surface area (Å²) in [6, 6.07) is 9.78. The zero-order chi connectivity index (χ0) is 15.6. The van der Waals surface area contributed by atoms with E-state index in [0.717, 1.165) is 16.1 Å². The van der Waals surface area contributed by atoms with Gasteiger partial charge in [-0.3, -0.25) is 10.1 Å². The van der Waals surface area contributed by atoms with Crippen LogP contribution in [0, 0.1) is 19.5 Å². The molecule has 21 heavy (non-hydrogen) atoms. The van der Waals surface area contributed by atoms with Crippen molar-refractivity contribution in [3.8, 4) is 0 Å². The van der Waals surface area contributed by atoms with Crippen LogP contribution in [0.25, 0.3) is 0 Å². The molecule has 2 aromatic carbocycles. The van der Waals surface area contributed by atoms with Crippen LogP contribution in [0.5, 0.6) is 0 Å². The highest BCUT2D eigenvalue weighted by molar-refractivity contribution is 14.1. The zero-order valence-electron chi connectivity index (χ0n) is 10.9. The van der Waals surface area contributed by atoms with E-state index in [4.69, 9.17) is 0 Å². The third kappa shape index (κ3) is 3.91. The number of nitro benzene ring substituents is 1. The second-order valence-corrected chi connectivity index (χ2v) is 6.54. The molecular formula is C14H11BrFIN2O2. The van der Waals surface area contributed by atoms with E-state index >= 15 is 0 Å². The first-order chi connectivity index (χ1) is 9.88. The van der Waals surface area contributed by atoms with Gasteiger partial charge in [0.1, 0.15) is 11.5 Å². The van der Waals surface area contributed by atoms with Crippen LogP contribution in [0.3, 0.4) is 0 Å². The number of benzene rings is 2. The van der Waals surface area contributed by atoms with Crippen LogP contribution < -0.4 is 5.32 Å². The predicted octanol–water partition coefficient (Wildman–Crippen LogP) is 5.27. The molecule has 0 amide bonds. The Hall–Kier alpha value is -1.22. The van der Waals surface area contributed by atoms with Gasteiger partial charge in [0.2, 0.25) is 0 Å². The van der Waals surface area contributed by atoms with Crippen molar-refractivity contribution in [2.75, 3.05) is 5.32 Å². The Morgan fingerprint density at radius 1 is 1.33 bits per heavy atom. The summed E-state index contributed by atoms with van der Waals surface area (Å²) in [5.41, 5.74) is 0.990. The molecule has 0 aromatic heterocycles. The third-order valence-electron chi connectivity index (χ3n) is 2.98. The number of nitro groups is 1. The van der Waals surface area contributed by atoms with Gasteiger partial charge in [0.05, 0.1) is 8.49 Å². The minimum absolute atomic E-state index is 0.134. The van der Waals surface area contributed by atoms with Crippen molar-refractivity contribution in [2.45, 2.75) is 13.0 Å². The van der Waals surface area contributed by atoms with Gasteiger partial charge >= 0.3 is 0 Å². The van der Waals surface area contributed by atoms with E-state index in [1.807, 2.05) is 31.2 Å². The van der Waals surface area contributed by atoms with E-state index < -0.39 is 10.7 Å². The zero-order valence-corrected chi connectivity index (χ0v) is 14.7. The molecule has 0 radical (unpaired) electrons. The molecule has 4 nitrogen and oxygen atoms in total. The topological polar surface area (TPSA) is 55.2 Å². The summed E-state index contributed by atoms with van der Waals surface area (Å²) in [6.45, 7) is 1.86. The highest BCUT2D eigenvalue weighted by Crippen LogP contribution is 2.31. The van der Waals surface area contributed by atoms with Gasteiger partial charge in [-0.2, -0.15) is 0 Å². The molecule has 1 atom stereocenters. The molecule has 0 aliphatic carbocycles. The molecule has 110 valence electrons. The summed E-state index contributed by atoms with van der Waals surface area (Å²) in [5.74, 6) is -0.480. The number of rotatable bonds is 4. The largest absolute Gasteiger partial charge is 0.373 e. The van der Waals surface area contributed by atoms with E-state index in [-0.39, 0.29) is 21.0 Å². The first kappa shape index (κ1) is 16.2. The van der Waals surface area contributed by atoms with Crippen molar-refractivity contribution in [3.05, 3.63) is 65.9 Å². The second-order valence-electron chi connectivity index (χ2n) is 4.46. The Labute approximate surface area is 143 Å². The fourth-order valence-corrected chi connectivity index (χ4v) is 2.59. The van der Waals surface area contributed by atoms with Gasteiger partial charge in [0, 0.05) is 22.6 Å². The lowest BCUT2D eigenvalue weighted by Crippen LogP contribution is -2.09. The molecule has 0 aliphatic rings. The molecule has 0 heterocycles. The Morgan fingerprint density at radius 3 is 2.52 bits per heavy atom. The number of nitrogens with zero attached hydrogens (tertiary/aromatic N) is 1.